The molecule has 0 radical (unpaired) electrons. The second-order valence-corrected chi connectivity index (χ2v) is 10.8. The number of carbonyl (C=O) groups is 1. The van der Waals surface area contributed by atoms with Gasteiger partial charge in [0.2, 0.25) is 0 Å². The zero-order valence-electron chi connectivity index (χ0n) is 18.5. The number of nitrogens with one attached hydrogen (secondary N) is 1. The number of halogens is 2. The minimum Gasteiger partial charge on any atom is -0.365 e. The van der Waals surface area contributed by atoms with Gasteiger partial charge in [0, 0.05) is 41.7 Å². The number of rotatable bonds is 8. The third kappa shape index (κ3) is 5.31. The molecule has 0 aliphatic carbocycles. The van der Waals surface area contributed by atoms with Gasteiger partial charge in [-0.2, -0.15) is 14.2 Å². The van der Waals surface area contributed by atoms with Crippen molar-refractivity contribution in [2.24, 2.45) is 0 Å². The van der Waals surface area contributed by atoms with Gasteiger partial charge in [-0.15, -0.1) is 11.3 Å². The zero-order valence-corrected chi connectivity index (χ0v) is 22.4. The van der Waals surface area contributed by atoms with Crippen molar-refractivity contribution in [3.05, 3.63) is 95.9 Å². The van der Waals surface area contributed by atoms with Crippen LogP contribution < -0.4 is 10.9 Å². The van der Waals surface area contributed by atoms with E-state index in [4.69, 9.17) is 11.6 Å². The van der Waals surface area contributed by atoms with Crippen LogP contribution in [0.3, 0.4) is 0 Å². The number of hydrogen-bond acceptors (Lipinski definition) is 9. The number of aromatic nitrogens is 6. The minimum atomic E-state index is -0.395. The molecule has 0 fully saturated rings. The summed E-state index contributed by atoms with van der Waals surface area (Å²) < 4.78 is 8.27. The van der Waals surface area contributed by atoms with Gasteiger partial charge in [-0.1, -0.05) is 11.6 Å². The highest BCUT2D eigenvalue weighted by Crippen LogP contribution is 2.25. The van der Waals surface area contributed by atoms with Gasteiger partial charge >= 0.3 is 0 Å². The van der Waals surface area contributed by atoms with E-state index in [2.05, 4.69) is 40.7 Å². The molecule has 0 aromatic carbocycles. The van der Waals surface area contributed by atoms with E-state index in [0.717, 1.165) is 4.88 Å². The Morgan fingerprint density at radius 2 is 1.97 bits per heavy atom. The Morgan fingerprint density at radius 3 is 2.69 bits per heavy atom. The smallest absolute Gasteiger partial charge is 0.299 e. The molecule has 0 aliphatic rings. The first kappa shape index (κ1) is 24.5. The molecule has 9 nitrogen and oxygen atoms in total. The van der Waals surface area contributed by atoms with E-state index in [9.17, 15) is 9.59 Å². The van der Waals surface area contributed by atoms with Crippen LogP contribution in [0.25, 0.3) is 11.3 Å². The fourth-order valence-corrected chi connectivity index (χ4v) is 5.48. The van der Waals surface area contributed by atoms with E-state index in [0.29, 0.717) is 51.3 Å². The number of hydrogen-bond donors (Lipinski definition) is 1. The minimum absolute atomic E-state index is 0.248. The largest absolute Gasteiger partial charge is 0.365 e. The molecule has 0 atom stereocenters. The highest BCUT2D eigenvalue weighted by Gasteiger charge is 2.21. The van der Waals surface area contributed by atoms with Crippen LogP contribution in [0.1, 0.15) is 21.2 Å². The number of pyridine rings is 1. The van der Waals surface area contributed by atoms with E-state index in [1.54, 1.807) is 52.7 Å². The Morgan fingerprint density at radius 1 is 1.14 bits per heavy atom. The van der Waals surface area contributed by atoms with Gasteiger partial charge in [-0.05, 0) is 63.9 Å². The molecule has 0 bridgehead atoms. The van der Waals surface area contributed by atoms with E-state index < -0.39 is 5.91 Å². The Balaban J connectivity index is 1.49. The Bertz CT molecular complexity index is 1570. The molecule has 13 heteroatoms. The summed E-state index contributed by atoms with van der Waals surface area (Å²) in [5.74, 6) is 0.687. The summed E-state index contributed by atoms with van der Waals surface area (Å²) in [6.45, 7) is 0.814. The van der Waals surface area contributed by atoms with Crippen molar-refractivity contribution in [2.75, 3.05) is 5.32 Å². The molecule has 36 heavy (non-hydrogen) atoms. The van der Waals surface area contributed by atoms with Crippen molar-refractivity contribution in [2.45, 2.75) is 19.5 Å². The van der Waals surface area contributed by atoms with Crippen LogP contribution >= 0.6 is 50.4 Å². The molecule has 1 N–H and O–H groups in total. The molecule has 0 spiro atoms. The number of carbonyl (C=O) groups excluding carboxylic acids is 1. The molecule has 5 aromatic rings. The van der Waals surface area contributed by atoms with Gasteiger partial charge < -0.3 is 9.88 Å². The van der Waals surface area contributed by atoms with Crippen LogP contribution in [0, 0.1) is 0 Å². The fraction of sp³-hybridized carbons (Fsp3) is 0.130. The molecule has 5 rings (SSSR count). The van der Waals surface area contributed by atoms with Gasteiger partial charge in [-0.25, -0.2) is 9.97 Å². The molecule has 0 saturated carbocycles. The normalized spacial score (nSPS) is 11.1. The van der Waals surface area contributed by atoms with Crippen LogP contribution in [-0.4, -0.2) is 34.6 Å². The van der Waals surface area contributed by atoms with Crippen molar-refractivity contribution >= 4 is 62.1 Å². The van der Waals surface area contributed by atoms with Crippen LogP contribution in [0.4, 0.5) is 5.82 Å². The summed E-state index contributed by atoms with van der Waals surface area (Å²) in [4.78, 5) is 36.0. The summed E-state index contributed by atoms with van der Waals surface area (Å²) in [6, 6.07) is 12.3. The maximum Gasteiger partial charge on any atom is 0.299 e. The quantitative estimate of drug-likeness (QED) is 0.250. The first-order valence-electron chi connectivity index (χ1n) is 10.7. The number of nitrogens with zero attached hydrogens (tertiary/aromatic N) is 6. The maximum absolute atomic E-state index is 13.4. The summed E-state index contributed by atoms with van der Waals surface area (Å²) in [5.41, 5.74) is 0.752. The number of aryl methyl sites for hydroxylation is 1. The van der Waals surface area contributed by atoms with E-state index >= 15 is 0 Å². The zero-order chi connectivity index (χ0) is 25.1. The average Bonchev–Trinajstić information content (AvgIpc) is 3.64. The predicted octanol–water partition coefficient (Wildman–Crippen LogP) is 4.98. The van der Waals surface area contributed by atoms with Crippen molar-refractivity contribution in [3.63, 3.8) is 0 Å². The molecular formula is C23H17BrClN7O2S2. The Kier molecular flexibility index (Phi) is 7.37. The predicted molar refractivity (Wildman–Crippen MR) is 144 cm³/mol. The van der Waals surface area contributed by atoms with E-state index in [1.165, 1.54) is 27.6 Å². The summed E-state index contributed by atoms with van der Waals surface area (Å²) in [7, 11) is 0. The molecule has 0 amide bonds. The molecule has 5 aromatic heterocycles. The maximum atomic E-state index is 13.4. The monoisotopic (exact) mass is 601 g/mol. The lowest BCUT2D eigenvalue weighted by atomic mass is 10.2. The van der Waals surface area contributed by atoms with Crippen molar-refractivity contribution in [1.29, 1.82) is 0 Å². The molecule has 182 valence electrons. The van der Waals surface area contributed by atoms with Crippen molar-refractivity contribution in [3.8, 4) is 11.3 Å². The highest BCUT2D eigenvalue weighted by atomic mass is 79.9. The van der Waals surface area contributed by atoms with Crippen LogP contribution in [0.5, 0.6) is 0 Å². The average molecular weight is 603 g/mol. The van der Waals surface area contributed by atoms with Crippen LogP contribution in [0.15, 0.2) is 69.6 Å². The molecule has 0 saturated heterocycles. The molecule has 0 aliphatic heterocycles. The molecule has 5 heterocycles. The fourth-order valence-electron chi connectivity index (χ4n) is 3.48. The molecular weight excluding hydrogens is 586 g/mol. The van der Waals surface area contributed by atoms with Gasteiger partial charge in [0.15, 0.2) is 0 Å². The number of anilines is 1. The Hall–Kier alpha value is -3.19. The summed E-state index contributed by atoms with van der Waals surface area (Å²) in [6.07, 6.45) is 3.82. The van der Waals surface area contributed by atoms with Crippen LogP contribution in [0.2, 0.25) is 4.34 Å². The summed E-state index contributed by atoms with van der Waals surface area (Å²) in [5, 5.41) is 9.46. The van der Waals surface area contributed by atoms with E-state index in [-0.39, 0.29) is 11.3 Å². The van der Waals surface area contributed by atoms with Crippen molar-refractivity contribution in [1.82, 2.24) is 28.7 Å². The lowest BCUT2D eigenvalue weighted by Gasteiger charge is -2.09. The highest BCUT2D eigenvalue weighted by molar-refractivity contribution is 9.10. The second-order valence-electron chi connectivity index (χ2n) is 7.52. The van der Waals surface area contributed by atoms with Crippen molar-refractivity contribution < 1.29 is 4.79 Å². The first-order valence-corrected chi connectivity index (χ1v) is 13.5. The molecule has 0 unspecified atom stereocenters. The van der Waals surface area contributed by atoms with Gasteiger partial charge in [0.05, 0.1) is 21.0 Å². The second kappa shape index (κ2) is 10.8. The van der Waals surface area contributed by atoms with Gasteiger partial charge in [0.25, 0.3) is 11.5 Å². The van der Waals surface area contributed by atoms with Gasteiger partial charge in [-0.3, -0.25) is 9.59 Å². The lowest BCUT2D eigenvalue weighted by Crippen LogP contribution is -2.24. The Labute approximate surface area is 226 Å². The lowest BCUT2D eigenvalue weighted by molar-refractivity contribution is 0.0944. The third-order valence-corrected chi connectivity index (χ3v) is 7.69. The first-order chi connectivity index (χ1) is 17.5. The standard InChI is InChI=1S/C23H17BrClN7O2S2/c24-18-4-3-15(22(33)31(18)10-6-20-26-8-1-9-27-20)17-12-21(28-13-14-2-5-19(25)36-14)32(29-17)23(34)16-7-11-35-30-16/h1-5,7-9,11-12,28H,6,10,13H2. The van der Waals surface area contributed by atoms with Gasteiger partial charge in [0.1, 0.15) is 23.0 Å². The topological polar surface area (TPSA) is 108 Å². The van der Waals surface area contributed by atoms with Crippen LogP contribution in [-0.2, 0) is 19.5 Å². The summed E-state index contributed by atoms with van der Waals surface area (Å²) >= 11 is 12.1. The SMILES string of the molecule is O=C(c1ccsn1)n1nc(-c2ccc(Br)n(CCc3ncccn3)c2=O)cc1NCc1ccc(Cl)s1. The van der Waals surface area contributed by atoms with E-state index in [1.807, 2.05) is 12.1 Å². The number of thiophene rings is 1. The third-order valence-electron chi connectivity index (χ3n) is 5.21.